The highest BCUT2D eigenvalue weighted by Crippen LogP contribution is 2.06. The average Bonchev–Trinajstić information content (AvgIpc) is 2.08. The number of aliphatic hydroxyl groups is 1. The molecule has 0 rings (SSSR count). The Morgan fingerprint density at radius 1 is 1.47 bits per heavy atom. The predicted octanol–water partition coefficient (Wildman–Crippen LogP) is 1.03. The minimum Gasteiger partial charge on any atom is -0.393 e. The van der Waals surface area contributed by atoms with Crippen LogP contribution in [0.25, 0.3) is 0 Å². The minimum atomic E-state index is -0.371. The van der Waals surface area contributed by atoms with E-state index in [9.17, 15) is 4.79 Å². The van der Waals surface area contributed by atoms with Crippen LogP contribution < -0.4 is 0 Å². The maximum atomic E-state index is 11.5. The van der Waals surface area contributed by atoms with E-state index in [4.69, 9.17) is 9.84 Å². The molecule has 0 spiro atoms. The van der Waals surface area contributed by atoms with Crippen molar-refractivity contribution in [3.05, 3.63) is 0 Å². The molecule has 1 unspecified atom stereocenters. The number of hydrogen-bond acceptors (Lipinski definition) is 3. The van der Waals surface area contributed by atoms with Crippen molar-refractivity contribution in [1.82, 2.24) is 4.90 Å². The van der Waals surface area contributed by atoms with Gasteiger partial charge in [0.1, 0.15) is 6.61 Å². The van der Waals surface area contributed by atoms with Crippen LogP contribution in [0, 0.1) is 0 Å². The second-order valence-electron chi connectivity index (χ2n) is 4.85. The van der Waals surface area contributed by atoms with Crippen LogP contribution in [0.1, 0.15) is 34.1 Å². The molecule has 0 aliphatic carbocycles. The van der Waals surface area contributed by atoms with Crippen LogP contribution in [0.15, 0.2) is 0 Å². The second-order valence-corrected chi connectivity index (χ2v) is 4.85. The van der Waals surface area contributed by atoms with E-state index in [1.165, 1.54) is 0 Å². The molecule has 90 valence electrons. The van der Waals surface area contributed by atoms with E-state index in [0.29, 0.717) is 13.0 Å². The van der Waals surface area contributed by atoms with Crippen LogP contribution in [0.5, 0.6) is 0 Å². The van der Waals surface area contributed by atoms with Crippen LogP contribution in [-0.4, -0.2) is 47.8 Å². The third kappa shape index (κ3) is 8.39. The van der Waals surface area contributed by atoms with E-state index in [-0.39, 0.29) is 24.2 Å². The number of likely N-dealkylation sites (N-methyl/N-ethyl adjacent to an activating group) is 1. The third-order valence-corrected chi connectivity index (χ3v) is 1.94. The van der Waals surface area contributed by atoms with Crippen molar-refractivity contribution >= 4 is 5.91 Å². The first-order chi connectivity index (χ1) is 6.72. The van der Waals surface area contributed by atoms with Crippen molar-refractivity contribution in [1.29, 1.82) is 0 Å². The van der Waals surface area contributed by atoms with Gasteiger partial charge in [0.15, 0.2) is 0 Å². The van der Waals surface area contributed by atoms with Crippen molar-refractivity contribution in [2.45, 2.75) is 45.8 Å². The van der Waals surface area contributed by atoms with Gasteiger partial charge in [-0.1, -0.05) is 0 Å². The molecule has 1 atom stereocenters. The summed E-state index contributed by atoms with van der Waals surface area (Å²) in [5, 5.41) is 9.07. The monoisotopic (exact) mass is 217 g/mol. The highest BCUT2D eigenvalue weighted by molar-refractivity contribution is 5.77. The Hall–Kier alpha value is -0.610. The second kappa shape index (κ2) is 6.08. The maximum Gasteiger partial charge on any atom is 0.248 e. The summed E-state index contributed by atoms with van der Waals surface area (Å²) in [6.07, 6.45) is 0.224. The van der Waals surface area contributed by atoms with Gasteiger partial charge in [-0.25, -0.2) is 0 Å². The van der Waals surface area contributed by atoms with Crippen molar-refractivity contribution in [3.63, 3.8) is 0 Å². The average molecular weight is 217 g/mol. The number of aliphatic hydroxyl groups excluding tert-OH is 1. The zero-order valence-corrected chi connectivity index (χ0v) is 10.4. The van der Waals surface area contributed by atoms with E-state index < -0.39 is 0 Å². The van der Waals surface area contributed by atoms with E-state index in [1.807, 2.05) is 20.8 Å². The van der Waals surface area contributed by atoms with Gasteiger partial charge in [0.2, 0.25) is 5.91 Å². The Labute approximate surface area is 92.2 Å². The lowest BCUT2D eigenvalue weighted by molar-refractivity contribution is -0.139. The number of amides is 1. The molecule has 0 radical (unpaired) electrons. The quantitative estimate of drug-likeness (QED) is 0.748. The molecule has 15 heavy (non-hydrogen) atoms. The lowest BCUT2D eigenvalue weighted by Gasteiger charge is -2.22. The molecule has 4 nitrogen and oxygen atoms in total. The number of carbonyl (C=O) groups excluding carboxylic acids is 1. The summed E-state index contributed by atoms with van der Waals surface area (Å²) in [6, 6.07) is 0. The fourth-order valence-electron chi connectivity index (χ4n) is 0.894. The number of rotatable bonds is 5. The van der Waals surface area contributed by atoms with Gasteiger partial charge >= 0.3 is 0 Å². The van der Waals surface area contributed by atoms with Crippen LogP contribution >= 0.6 is 0 Å². The van der Waals surface area contributed by atoms with Crippen molar-refractivity contribution in [2.24, 2.45) is 0 Å². The zero-order valence-electron chi connectivity index (χ0n) is 10.4. The Morgan fingerprint density at radius 2 is 2.00 bits per heavy atom. The molecule has 0 aromatic rings. The molecular formula is C11H23NO3. The zero-order chi connectivity index (χ0) is 12.1. The normalized spacial score (nSPS) is 13.7. The Kier molecular flexibility index (Phi) is 5.83. The van der Waals surface area contributed by atoms with Gasteiger partial charge in [-0.15, -0.1) is 0 Å². The minimum absolute atomic E-state index is 0.0504. The van der Waals surface area contributed by atoms with Gasteiger partial charge in [0.05, 0.1) is 11.7 Å². The van der Waals surface area contributed by atoms with Gasteiger partial charge < -0.3 is 14.7 Å². The van der Waals surface area contributed by atoms with Gasteiger partial charge in [-0.3, -0.25) is 4.79 Å². The summed E-state index contributed by atoms with van der Waals surface area (Å²) in [4.78, 5) is 13.1. The first kappa shape index (κ1) is 14.4. The molecule has 0 saturated carbocycles. The van der Waals surface area contributed by atoms with Crippen molar-refractivity contribution in [3.8, 4) is 0 Å². The van der Waals surface area contributed by atoms with E-state index in [1.54, 1.807) is 18.9 Å². The Bertz CT molecular complexity index is 196. The van der Waals surface area contributed by atoms with Crippen LogP contribution in [0.3, 0.4) is 0 Å². The molecule has 0 saturated heterocycles. The maximum absolute atomic E-state index is 11.5. The van der Waals surface area contributed by atoms with Gasteiger partial charge in [0.25, 0.3) is 0 Å². The summed E-state index contributed by atoms with van der Waals surface area (Å²) in [5.41, 5.74) is -0.291. The summed E-state index contributed by atoms with van der Waals surface area (Å²) in [5.74, 6) is -0.0504. The summed E-state index contributed by atoms with van der Waals surface area (Å²) in [6.45, 7) is 8.11. The molecule has 0 fully saturated rings. The van der Waals surface area contributed by atoms with Crippen molar-refractivity contribution in [2.75, 3.05) is 20.2 Å². The number of nitrogens with zero attached hydrogens (tertiary/aromatic N) is 1. The first-order valence-electron chi connectivity index (χ1n) is 5.28. The summed E-state index contributed by atoms with van der Waals surface area (Å²) >= 11 is 0. The lowest BCUT2D eigenvalue weighted by atomic mass is 10.2. The smallest absolute Gasteiger partial charge is 0.248 e. The number of hydrogen-bond donors (Lipinski definition) is 1. The molecule has 1 N–H and O–H groups in total. The first-order valence-corrected chi connectivity index (χ1v) is 5.28. The van der Waals surface area contributed by atoms with E-state index >= 15 is 0 Å². The molecule has 0 aromatic carbocycles. The molecule has 0 aliphatic rings. The van der Waals surface area contributed by atoms with Crippen LogP contribution in [-0.2, 0) is 9.53 Å². The Balaban J connectivity index is 3.80. The van der Waals surface area contributed by atoms with Gasteiger partial charge in [-0.05, 0) is 34.1 Å². The highest BCUT2D eigenvalue weighted by Gasteiger charge is 2.15. The van der Waals surface area contributed by atoms with Gasteiger partial charge in [0, 0.05) is 13.6 Å². The Morgan fingerprint density at radius 3 is 2.40 bits per heavy atom. The van der Waals surface area contributed by atoms with E-state index in [2.05, 4.69) is 0 Å². The van der Waals surface area contributed by atoms with Crippen molar-refractivity contribution < 1.29 is 14.6 Å². The number of carbonyl (C=O) groups is 1. The fraction of sp³-hybridized carbons (Fsp3) is 0.909. The standard InChI is InChI=1S/C11H23NO3/c1-9(13)6-7-12(5)10(14)8-15-11(2,3)4/h9,13H,6-8H2,1-5H3. The molecular weight excluding hydrogens is 194 g/mol. The summed E-state index contributed by atoms with van der Waals surface area (Å²) < 4.78 is 5.37. The molecule has 0 aliphatic heterocycles. The molecule has 4 heteroatoms. The van der Waals surface area contributed by atoms with Crippen LogP contribution in [0.4, 0.5) is 0 Å². The van der Waals surface area contributed by atoms with Gasteiger partial charge in [-0.2, -0.15) is 0 Å². The fourth-order valence-corrected chi connectivity index (χ4v) is 0.894. The largest absolute Gasteiger partial charge is 0.393 e. The van der Waals surface area contributed by atoms with Crippen LogP contribution in [0.2, 0.25) is 0 Å². The summed E-state index contributed by atoms with van der Waals surface area (Å²) in [7, 11) is 1.72. The molecule has 0 aromatic heterocycles. The highest BCUT2D eigenvalue weighted by atomic mass is 16.5. The molecule has 1 amide bonds. The molecule has 0 heterocycles. The predicted molar refractivity (Wildman–Crippen MR) is 59.6 cm³/mol. The van der Waals surface area contributed by atoms with E-state index in [0.717, 1.165) is 0 Å². The number of ether oxygens (including phenoxy) is 1. The lowest BCUT2D eigenvalue weighted by Crippen LogP contribution is -2.35. The SMILES string of the molecule is CC(O)CCN(C)C(=O)COC(C)(C)C. The topological polar surface area (TPSA) is 49.8 Å². The molecule has 0 bridgehead atoms. The third-order valence-electron chi connectivity index (χ3n) is 1.94.